The molecule has 21 heavy (non-hydrogen) atoms. The zero-order chi connectivity index (χ0) is 15.8. The van der Waals surface area contributed by atoms with Gasteiger partial charge in [-0.25, -0.2) is 9.59 Å². The second-order valence-corrected chi connectivity index (χ2v) is 5.14. The van der Waals surface area contributed by atoms with E-state index in [0.717, 1.165) is 5.69 Å². The van der Waals surface area contributed by atoms with E-state index in [0.29, 0.717) is 19.4 Å². The number of urea groups is 1. The second kappa shape index (κ2) is 8.24. The van der Waals surface area contributed by atoms with E-state index >= 15 is 0 Å². The molecule has 1 aromatic rings. The average molecular weight is 293 g/mol. The molecule has 0 bridgehead atoms. The number of rotatable bonds is 7. The largest absolute Gasteiger partial charge is 0.480 e. The van der Waals surface area contributed by atoms with Crippen LogP contribution in [-0.4, -0.2) is 46.6 Å². The summed E-state index contributed by atoms with van der Waals surface area (Å²) in [7, 11) is 1.65. The number of carbonyl (C=O) groups excluding carboxylic acids is 1. The van der Waals surface area contributed by atoms with Crippen molar-refractivity contribution >= 4 is 12.0 Å². The molecule has 2 atom stereocenters. The van der Waals surface area contributed by atoms with Crippen LogP contribution in [0.4, 0.5) is 4.79 Å². The Kier molecular flexibility index (Phi) is 6.65. The summed E-state index contributed by atoms with van der Waals surface area (Å²) in [5.41, 5.74) is 0.897. The Morgan fingerprint density at radius 1 is 1.43 bits per heavy atom. The molecular formula is C15H23N3O3. The predicted octanol–water partition coefficient (Wildman–Crippen LogP) is 1.76. The summed E-state index contributed by atoms with van der Waals surface area (Å²) in [6.45, 7) is 4.19. The van der Waals surface area contributed by atoms with Gasteiger partial charge in [0.15, 0.2) is 0 Å². The van der Waals surface area contributed by atoms with Gasteiger partial charge in [-0.2, -0.15) is 0 Å². The lowest BCUT2D eigenvalue weighted by atomic mass is 9.99. The zero-order valence-corrected chi connectivity index (χ0v) is 12.7. The van der Waals surface area contributed by atoms with Crippen LogP contribution in [0.2, 0.25) is 0 Å². The third-order valence-electron chi connectivity index (χ3n) is 3.53. The van der Waals surface area contributed by atoms with E-state index in [-0.39, 0.29) is 11.9 Å². The molecule has 0 saturated carbocycles. The number of carboxylic acid groups (broad SMARTS) is 1. The Morgan fingerprint density at radius 2 is 2.14 bits per heavy atom. The molecule has 2 N–H and O–H groups in total. The van der Waals surface area contributed by atoms with E-state index in [9.17, 15) is 14.7 Å². The first-order valence-corrected chi connectivity index (χ1v) is 7.10. The topological polar surface area (TPSA) is 82.5 Å². The van der Waals surface area contributed by atoms with Crippen LogP contribution in [0.5, 0.6) is 0 Å². The Morgan fingerprint density at radius 3 is 2.67 bits per heavy atom. The fraction of sp³-hybridized carbons (Fsp3) is 0.533. The van der Waals surface area contributed by atoms with E-state index in [1.165, 1.54) is 4.90 Å². The lowest BCUT2D eigenvalue weighted by Gasteiger charge is -2.24. The molecule has 0 aliphatic heterocycles. The van der Waals surface area contributed by atoms with Gasteiger partial charge in [0, 0.05) is 31.9 Å². The van der Waals surface area contributed by atoms with Crippen molar-refractivity contribution in [1.82, 2.24) is 15.2 Å². The number of aliphatic carboxylic acids is 1. The molecule has 2 amide bonds. The summed E-state index contributed by atoms with van der Waals surface area (Å²) in [5, 5.41) is 11.7. The van der Waals surface area contributed by atoms with Crippen molar-refractivity contribution in [3.63, 3.8) is 0 Å². The highest BCUT2D eigenvalue weighted by Crippen LogP contribution is 2.08. The first-order valence-electron chi connectivity index (χ1n) is 7.10. The number of nitrogens with zero attached hydrogens (tertiary/aromatic N) is 2. The van der Waals surface area contributed by atoms with Gasteiger partial charge in [0.1, 0.15) is 6.04 Å². The number of aromatic nitrogens is 1. The molecule has 6 nitrogen and oxygen atoms in total. The molecule has 0 saturated heterocycles. The predicted molar refractivity (Wildman–Crippen MR) is 80.0 cm³/mol. The summed E-state index contributed by atoms with van der Waals surface area (Å²) in [4.78, 5) is 28.9. The van der Waals surface area contributed by atoms with Crippen molar-refractivity contribution in [1.29, 1.82) is 0 Å². The number of likely N-dealkylation sites (N-methyl/N-ethyl adjacent to an activating group) is 1. The van der Waals surface area contributed by atoms with Crippen LogP contribution in [0.15, 0.2) is 24.4 Å². The van der Waals surface area contributed by atoms with E-state index in [4.69, 9.17) is 0 Å². The van der Waals surface area contributed by atoms with E-state index < -0.39 is 12.0 Å². The van der Waals surface area contributed by atoms with Crippen molar-refractivity contribution in [2.24, 2.45) is 5.92 Å². The van der Waals surface area contributed by atoms with Crippen LogP contribution in [0, 0.1) is 5.92 Å². The highest BCUT2D eigenvalue weighted by Gasteiger charge is 2.26. The number of hydrogen-bond donors (Lipinski definition) is 2. The van der Waals surface area contributed by atoms with Crippen LogP contribution in [0.3, 0.4) is 0 Å². The standard InChI is InChI=1S/C15H23N3O3/c1-4-11(2)13(14(19)20)17-15(21)18(3)10-8-12-7-5-6-9-16-12/h5-7,9,11,13H,4,8,10H2,1-3H3,(H,17,21)(H,19,20). The third kappa shape index (κ3) is 5.41. The third-order valence-corrected chi connectivity index (χ3v) is 3.53. The molecule has 0 spiro atoms. The van der Waals surface area contributed by atoms with Gasteiger partial charge < -0.3 is 15.3 Å². The van der Waals surface area contributed by atoms with E-state index in [1.807, 2.05) is 32.0 Å². The Balaban J connectivity index is 2.51. The van der Waals surface area contributed by atoms with Gasteiger partial charge in [-0.05, 0) is 18.1 Å². The molecule has 0 aliphatic carbocycles. The molecule has 116 valence electrons. The normalized spacial score (nSPS) is 13.3. The quantitative estimate of drug-likeness (QED) is 0.802. The summed E-state index contributed by atoms with van der Waals surface area (Å²) < 4.78 is 0. The van der Waals surface area contributed by atoms with E-state index in [2.05, 4.69) is 10.3 Å². The molecule has 0 fully saturated rings. The molecule has 1 heterocycles. The van der Waals surface area contributed by atoms with Gasteiger partial charge in [0.2, 0.25) is 0 Å². The zero-order valence-electron chi connectivity index (χ0n) is 12.7. The minimum Gasteiger partial charge on any atom is -0.480 e. The number of carboxylic acids is 1. The lowest BCUT2D eigenvalue weighted by Crippen LogP contribution is -2.49. The fourth-order valence-corrected chi connectivity index (χ4v) is 1.86. The average Bonchev–Trinajstić information content (AvgIpc) is 2.49. The molecule has 0 radical (unpaired) electrons. The van der Waals surface area contributed by atoms with Gasteiger partial charge in [-0.1, -0.05) is 26.3 Å². The Hall–Kier alpha value is -2.11. The van der Waals surface area contributed by atoms with Crippen molar-refractivity contribution in [2.75, 3.05) is 13.6 Å². The molecular weight excluding hydrogens is 270 g/mol. The maximum atomic E-state index is 12.0. The molecule has 0 aromatic carbocycles. The van der Waals surface area contributed by atoms with Crippen LogP contribution >= 0.6 is 0 Å². The highest BCUT2D eigenvalue weighted by molar-refractivity contribution is 5.82. The maximum Gasteiger partial charge on any atom is 0.326 e. The summed E-state index contributed by atoms with van der Waals surface area (Å²) >= 11 is 0. The van der Waals surface area contributed by atoms with Crippen LogP contribution in [-0.2, 0) is 11.2 Å². The van der Waals surface area contributed by atoms with Gasteiger partial charge in [0.25, 0.3) is 0 Å². The second-order valence-electron chi connectivity index (χ2n) is 5.14. The monoisotopic (exact) mass is 293 g/mol. The molecule has 6 heteroatoms. The Bertz CT molecular complexity index is 464. The number of nitrogens with one attached hydrogen (secondary N) is 1. The number of carbonyl (C=O) groups is 2. The van der Waals surface area contributed by atoms with E-state index in [1.54, 1.807) is 13.2 Å². The van der Waals surface area contributed by atoms with Crippen molar-refractivity contribution in [3.05, 3.63) is 30.1 Å². The molecule has 1 rings (SSSR count). The first kappa shape index (κ1) is 16.9. The Labute approximate surface area is 125 Å². The van der Waals surface area contributed by atoms with Crippen LogP contribution < -0.4 is 5.32 Å². The first-order chi connectivity index (χ1) is 9.95. The van der Waals surface area contributed by atoms with Gasteiger partial charge in [-0.15, -0.1) is 0 Å². The summed E-state index contributed by atoms with van der Waals surface area (Å²) in [5.74, 6) is -1.12. The highest BCUT2D eigenvalue weighted by atomic mass is 16.4. The lowest BCUT2D eigenvalue weighted by molar-refractivity contribution is -0.140. The fourth-order valence-electron chi connectivity index (χ4n) is 1.86. The summed E-state index contributed by atoms with van der Waals surface area (Å²) in [6, 6.07) is 4.39. The number of hydrogen-bond acceptors (Lipinski definition) is 3. The minimum absolute atomic E-state index is 0.115. The van der Waals surface area contributed by atoms with Gasteiger partial charge >= 0.3 is 12.0 Å². The minimum atomic E-state index is -1.00. The molecule has 1 aromatic heterocycles. The van der Waals surface area contributed by atoms with Gasteiger partial charge in [0.05, 0.1) is 0 Å². The van der Waals surface area contributed by atoms with Crippen LogP contribution in [0.25, 0.3) is 0 Å². The maximum absolute atomic E-state index is 12.0. The van der Waals surface area contributed by atoms with Crippen molar-refractivity contribution in [3.8, 4) is 0 Å². The smallest absolute Gasteiger partial charge is 0.326 e. The van der Waals surface area contributed by atoms with Crippen LogP contribution in [0.1, 0.15) is 26.0 Å². The number of pyridine rings is 1. The van der Waals surface area contributed by atoms with Crippen molar-refractivity contribution < 1.29 is 14.7 Å². The molecule has 2 unspecified atom stereocenters. The van der Waals surface area contributed by atoms with Crippen molar-refractivity contribution in [2.45, 2.75) is 32.7 Å². The number of amides is 2. The van der Waals surface area contributed by atoms with Gasteiger partial charge in [-0.3, -0.25) is 4.98 Å². The molecule has 0 aliphatic rings. The SMILES string of the molecule is CCC(C)C(NC(=O)N(C)CCc1ccccn1)C(=O)O. The summed E-state index contributed by atoms with van der Waals surface area (Å²) in [6.07, 6.45) is 3.03.